The number of nitrogens with one attached hydrogen (secondary N) is 2. The maximum atomic E-state index is 12.1. The van der Waals surface area contributed by atoms with Crippen molar-refractivity contribution in [1.82, 2.24) is 15.5 Å². The van der Waals surface area contributed by atoms with Gasteiger partial charge in [0.25, 0.3) is 11.8 Å². The molecule has 1 aromatic carbocycles. The molecule has 6 nitrogen and oxygen atoms in total. The van der Waals surface area contributed by atoms with E-state index in [1.54, 1.807) is 31.3 Å². The Morgan fingerprint density at radius 3 is 2.38 bits per heavy atom. The number of amides is 2. The summed E-state index contributed by atoms with van der Waals surface area (Å²) in [5.41, 5.74) is 0.912. The molecule has 0 saturated carbocycles. The summed E-state index contributed by atoms with van der Waals surface area (Å²) >= 11 is 0. The summed E-state index contributed by atoms with van der Waals surface area (Å²) in [6.45, 7) is 1.02. The molecule has 0 atom stereocenters. The summed E-state index contributed by atoms with van der Waals surface area (Å²) in [5, 5.41) is 5.89. The van der Waals surface area contributed by atoms with Gasteiger partial charge in [-0.05, 0) is 12.1 Å². The van der Waals surface area contributed by atoms with Crippen LogP contribution in [0, 0.1) is 12.3 Å². The lowest BCUT2D eigenvalue weighted by Crippen LogP contribution is -2.43. The summed E-state index contributed by atoms with van der Waals surface area (Å²) < 4.78 is 0. The first-order chi connectivity index (χ1) is 10.2. The van der Waals surface area contributed by atoms with Crippen LogP contribution in [0.25, 0.3) is 0 Å². The van der Waals surface area contributed by atoms with Crippen LogP contribution in [0.5, 0.6) is 0 Å². The standard InChI is InChI=1S/C15H16N4O2/c1-3-8-17-15(16-2)18-9-10-19-13(20)11-6-4-5-7-12(11)14(19)21/h1,4-7H,8-10H2,2H3,(H2,16,17,18). The molecular weight excluding hydrogens is 268 g/mol. The van der Waals surface area contributed by atoms with Crippen molar-refractivity contribution in [1.29, 1.82) is 0 Å². The zero-order valence-corrected chi connectivity index (χ0v) is 11.7. The lowest BCUT2D eigenvalue weighted by Gasteiger charge is -2.15. The number of benzene rings is 1. The quantitative estimate of drug-likeness (QED) is 0.355. The molecular formula is C15H16N4O2. The molecule has 108 valence electrons. The topological polar surface area (TPSA) is 73.8 Å². The van der Waals surface area contributed by atoms with Gasteiger partial charge in [0.05, 0.1) is 17.7 Å². The first kappa shape index (κ1) is 14.6. The van der Waals surface area contributed by atoms with Crippen LogP contribution in [0.15, 0.2) is 29.3 Å². The molecule has 0 bridgehead atoms. The first-order valence-corrected chi connectivity index (χ1v) is 6.52. The van der Waals surface area contributed by atoms with E-state index in [4.69, 9.17) is 6.42 Å². The highest BCUT2D eigenvalue weighted by atomic mass is 16.2. The van der Waals surface area contributed by atoms with Gasteiger partial charge in [0, 0.05) is 20.1 Å². The molecule has 0 aromatic heterocycles. The Labute approximate surface area is 123 Å². The number of terminal acetylenes is 1. The van der Waals surface area contributed by atoms with Gasteiger partial charge >= 0.3 is 0 Å². The lowest BCUT2D eigenvalue weighted by atomic mass is 10.1. The van der Waals surface area contributed by atoms with Crippen LogP contribution in [-0.4, -0.2) is 49.4 Å². The molecule has 6 heteroatoms. The van der Waals surface area contributed by atoms with Gasteiger partial charge in [-0.1, -0.05) is 18.1 Å². The summed E-state index contributed by atoms with van der Waals surface area (Å²) in [5.74, 6) is 2.45. The second-order valence-electron chi connectivity index (χ2n) is 4.36. The van der Waals surface area contributed by atoms with Gasteiger partial charge in [0.1, 0.15) is 0 Å². The molecule has 0 unspecified atom stereocenters. The van der Waals surface area contributed by atoms with Crippen molar-refractivity contribution in [2.24, 2.45) is 4.99 Å². The minimum atomic E-state index is -0.260. The van der Waals surface area contributed by atoms with Gasteiger partial charge in [-0.2, -0.15) is 0 Å². The summed E-state index contributed by atoms with van der Waals surface area (Å²) in [7, 11) is 1.62. The van der Waals surface area contributed by atoms with E-state index in [2.05, 4.69) is 21.5 Å². The van der Waals surface area contributed by atoms with Crippen LogP contribution in [-0.2, 0) is 0 Å². The highest BCUT2D eigenvalue weighted by Crippen LogP contribution is 2.21. The number of imide groups is 1. The SMILES string of the molecule is C#CCNC(=NC)NCCN1C(=O)c2ccccc2C1=O. The number of nitrogens with zero attached hydrogens (tertiary/aromatic N) is 2. The van der Waals surface area contributed by atoms with Crippen molar-refractivity contribution in [3.63, 3.8) is 0 Å². The number of aliphatic imine (C=N–C) groups is 1. The third-order valence-corrected chi connectivity index (χ3v) is 3.09. The summed E-state index contributed by atoms with van der Waals surface area (Å²) in [4.78, 5) is 29.5. The number of guanidine groups is 1. The predicted molar refractivity (Wildman–Crippen MR) is 80.0 cm³/mol. The number of fused-ring (bicyclic) bond motifs is 1. The second-order valence-corrected chi connectivity index (χ2v) is 4.36. The molecule has 1 aliphatic rings. The molecule has 2 amide bonds. The third-order valence-electron chi connectivity index (χ3n) is 3.09. The fraction of sp³-hybridized carbons (Fsp3) is 0.267. The Hall–Kier alpha value is -2.81. The van der Waals surface area contributed by atoms with Crippen molar-refractivity contribution in [3.05, 3.63) is 35.4 Å². The predicted octanol–water partition coefficient (Wildman–Crippen LogP) is 0.0808. The maximum absolute atomic E-state index is 12.1. The average Bonchev–Trinajstić information content (AvgIpc) is 2.76. The van der Waals surface area contributed by atoms with Crippen molar-refractivity contribution in [2.45, 2.75) is 0 Å². The van der Waals surface area contributed by atoms with Crippen molar-refractivity contribution >= 4 is 17.8 Å². The highest BCUT2D eigenvalue weighted by molar-refractivity contribution is 6.21. The van der Waals surface area contributed by atoms with Gasteiger partial charge in [-0.15, -0.1) is 6.42 Å². The van der Waals surface area contributed by atoms with E-state index in [-0.39, 0.29) is 18.4 Å². The lowest BCUT2D eigenvalue weighted by molar-refractivity contribution is 0.0657. The molecule has 0 spiro atoms. The Kier molecular flexibility index (Phi) is 4.57. The van der Waals surface area contributed by atoms with E-state index < -0.39 is 0 Å². The largest absolute Gasteiger partial charge is 0.355 e. The molecule has 0 fully saturated rings. The summed E-state index contributed by atoms with van der Waals surface area (Å²) in [6.07, 6.45) is 5.15. The Balaban J connectivity index is 1.93. The minimum Gasteiger partial charge on any atom is -0.355 e. The smallest absolute Gasteiger partial charge is 0.261 e. The van der Waals surface area contributed by atoms with Crippen LogP contribution in [0.3, 0.4) is 0 Å². The molecule has 0 radical (unpaired) electrons. The first-order valence-electron chi connectivity index (χ1n) is 6.52. The zero-order valence-electron chi connectivity index (χ0n) is 11.7. The number of rotatable bonds is 4. The fourth-order valence-electron chi connectivity index (χ4n) is 2.08. The Morgan fingerprint density at radius 1 is 1.24 bits per heavy atom. The average molecular weight is 284 g/mol. The van der Waals surface area contributed by atoms with Crippen LogP contribution >= 0.6 is 0 Å². The van der Waals surface area contributed by atoms with Gasteiger partial charge in [0.2, 0.25) is 0 Å². The zero-order chi connectivity index (χ0) is 15.2. The van der Waals surface area contributed by atoms with Gasteiger partial charge < -0.3 is 10.6 Å². The van der Waals surface area contributed by atoms with E-state index in [0.29, 0.717) is 30.2 Å². The van der Waals surface area contributed by atoms with Crippen LogP contribution in [0.1, 0.15) is 20.7 Å². The van der Waals surface area contributed by atoms with Gasteiger partial charge in [-0.3, -0.25) is 19.5 Å². The molecule has 2 rings (SSSR count). The normalized spacial score (nSPS) is 13.9. The van der Waals surface area contributed by atoms with E-state index in [1.807, 2.05) is 0 Å². The van der Waals surface area contributed by atoms with Crippen molar-refractivity contribution in [2.75, 3.05) is 26.7 Å². The van der Waals surface area contributed by atoms with Gasteiger partial charge in [0.15, 0.2) is 5.96 Å². The second kappa shape index (κ2) is 6.57. The number of hydrogen-bond acceptors (Lipinski definition) is 3. The van der Waals surface area contributed by atoms with E-state index in [0.717, 1.165) is 0 Å². The molecule has 0 aliphatic carbocycles. The Morgan fingerprint density at radius 2 is 1.86 bits per heavy atom. The molecule has 2 N–H and O–H groups in total. The van der Waals surface area contributed by atoms with Gasteiger partial charge in [-0.25, -0.2) is 0 Å². The summed E-state index contributed by atoms with van der Waals surface area (Å²) in [6, 6.07) is 6.82. The van der Waals surface area contributed by atoms with Crippen molar-refractivity contribution in [3.8, 4) is 12.3 Å². The molecule has 1 aromatic rings. The maximum Gasteiger partial charge on any atom is 0.261 e. The fourth-order valence-corrected chi connectivity index (χ4v) is 2.08. The third kappa shape index (κ3) is 3.03. The van der Waals surface area contributed by atoms with E-state index in [9.17, 15) is 9.59 Å². The number of carbonyl (C=O) groups excluding carboxylic acids is 2. The minimum absolute atomic E-state index is 0.260. The van der Waals surface area contributed by atoms with Crippen LogP contribution in [0.2, 0.25) is 0 Å². The molecule has 21 heavy (non-hydrogen) atoms. The van der Waals surface area contributed by atoms with E-state index in [1.165, 1.54) is 4.90 Å². The number of hydrogen-bond donors (Lipinski definition) is 2. The van der Waals surface area contributed by atoms with Crippen LogP contribution < -0.4 is 10.6 Å². The monoisotopic (exact) mass is 284 g/mol. The molecule has 1 aliphatic heterocycles. The van der Waals surface area contributed by atoms with Crippen molar-refractivity contribution < 1.29 is 9.59 Å². The van der Waals surface area contributed by atoms with E-state index >= 15 is 0 Å². The number of carbonyl (C=O) groups is 2. The molecule has 0 saturated heterocycles. The highest BCUT2D eigenvalue weighted by Gasteiger charge is 2.34. The Bertz CT molecular complexity index is 596. The molecule has 1 heterocycles. The van der Waals surface area contributed by atoms with Crippen LogP contribution in [0.4, 0.5) is 0 Å².